The van der Waals surface area contributed by atoms with Crippen LogP contribution < -0.4 is 5.32 Å². The molecule has 80 valence electrons. The minimum atomic E-state index is -0.484. The Bertz CT molecular complexity index is 264. The highest BCUT2D eigenvalue weighted by Gasteiger charge is 2.64. The number of nitrogens with one attached hydrogen (secondary N) is 1. The molecule has 1 N–H and O–H groups in total. The maximum Gasteiger partial charge on any atom is 0.316 e. The fraction of sp³-hybridized carbons (Fsp3) is 0.900. The van der Waals surface area contributed by atoms with Crippen molar-refractivity contribution in [1.82, 2.24) is 5.32 Å². The van der Waals surface area contributed by atoms with Gasteiger partial charge in [-0.3, -0.25) is 4.79 Å². The van der Waals surface area contributed by atoms with Crippen LogP contribution in [-0.4, -0.2) is 38.4 Å². The molecule has 2 saturated heterocycles. The van der Waals surface area contributed by atoms with Crippen molar-refractivity contribution in [1.29, 1.82) is 0 Å². The largest absolute Gasteiger partial charge is 0.468 e. The number of esters is 1. The molecule has 2 aliphatic heterocycles. The summed E-state index contributed by atoms with van der Waals surface area (Å²) in [6.45, 7) is 6.10. The molecule has 2 aliphatic rings. The van der Waals surface area contributed by atoms with Gasteiger partial charge in [0.05, 0.1) is 19.3 Å². The number of ether oxygens (including phenoxy) is 2. The van der Waals surface area contributed by atoms with E-state index in [-0.39, 0.29) is 11.9 Å². The van der Waals surface area contributed by atoms with Gasteiger partial charge >= 0.3 is 5.97 Å². The Balaban J connectivity index is 2.39. The molecule has 2 fully saturated rings. The van der Waals surface area contributed by atoms with Crippen LogP contribution >= 0.6 is 0 Å². The second-order valence-electron chi connectivity index (χ2n) is 4.61. The molecule has 0 bridgehead atoms. The molecule has 4 nitrogen and oxygen atoms in total. The third kappa shape index (κ3) is 0.982. The number of rotatable bonds is 1. The molecule has 2 rings (SSSR count). The number of hydrogen-bond donors (Lipinski definition) is 1. The van der Waals surface area contributed by atoms with Crippen LogP contribution in [0.4, 0.5) is 0 Å². The van der Waals surface area contributed by atoms with E-state index in [0.29, 0.717) is 13.2 Å². The standard InChI is InChI=1S/C10H17NO3/c1-9(2)10(8(12)13-3)6-11-4-7(10)5-14-9/h7,11H,4-6H2,1-3H3. The van der Waals surface area contributed by atoms with E-state index in [4.69, 9.17) is 9.47 Å². The summed E-state index contributed by atoms with van der Waals surface area (Å²) in [5, 5.41) is 3.26. The van der Waals surface area contributed by atoms with Gasteiger partial charge in [0.25, 0.3) is 0 Å². The SMILES string of the molecule is COC(=O)C12CNCC1COC2(C)C. The second kappa shape index (κ2) is 2.94. The molecule has 4 heteroatoms. The maximum absolute atomic E-state index is 11.9. The Morgan fingerprint density at radius 3 is 2.93 bits per heavy atom. The first-order chi connectivity index (χ1) is 6.54. The number of hydrogen-bond acceptors (Lipinski definition) is 4. The van der Waals surface area contributed by atoms with Crippen LogP contribution in [0.1, 0.15) is 13.8 Å². The summed E-state index contributed by atoms with van der Waals surface area (Å²) in [4.78, 5) is 11.9. The molecule has 0 radical (unpaired) electrons. The lowest BCUT2D eigenvalue weighted by Gasteiger charge is -2.36. The van der Waals surface area contributed by atoms with Gasteiger partial charge in [-0.05, 0) is 13.8 Å². The average molecular weight is 199 g/mol. The lowest BCUT2D eigenvalue weighted by Crippen LogP contribution is -2.51. The predicted molar refractivity (Wildman–Crippen MR) is 50.8 cm³/mol. The van der Waals surface area contributed by atoms with Crippen LogP contribution in [0, 0.1) is 11.3 Å². The second-order valence-corrected chi connectivity index (χ2v) is 4.61. The van der Waals surface area contributed by atoms with E-state index < -0.39 is 11.0 Å². The van der Waals surface area contributed by atoms with Crippen molar-refractivity contribution in [2.24, 2.45) is 11.3 Å². The number of methoxy groups -OCH3 is 1. The van der Waals surface area contributed by atoms with Crippen LogP contribution in [0.5, 0.6) is 0 Å². The Hall–Kier alpha value is -0.610. The van der Waals surface area contributed by atoms with Crippen LogP contribution in [0.2, 0.25) is 0 Å². The first-order valence-electron chi connectivity index (χ1n) is 4.98. The van der Waals surface area contributed by atoms with E-state index in [0.717, 1.165) is 6.54 Å². The normalized spacial score (nSPS) is 39.5. The lowest BCUT2D eigenvalue weighted by molar-refractivity contribution is -0.162. The molecule has 2 unspecified atom stereocenters. The van der Waals surface area contributed by atoms with E-state index in [2.05, 4.69) is 5.32 Å². The minimum absolute atomic E-state index is 0.144. The Morgan fingerprint density at radius 2 is 2.29 bits per heavy atom. The smallest absolute Gasteiger partial charge is 0.316 e. The number of carbonyl (C=O) groups excluding carboxylic acids is 1. The van der Waals surface area contributed by atoms with E-state index in [9.17, 15) is 4.79 Å². The average Bonchev–Trinajstić information content (AvgIpc) is 2.66. The van der Waals surface area contributed by atoms with Crippen molar-refractivity contribution < 1.29 is 14.3 Å². The van der Waals surface area contributed by atoms with Gasteiger partial charge in [-0.25, -0.2) is 0 Å². The van der Waals surface area contributed by atoms with Gasteiger partial charge in [-0.1, -0.05) is 0 Å². The van der Waals surface area contributed by atoms with E-state index in [1.807, 2.05) is 13.8 Å². The summed E-state index contributed by atoms with van der Waals surface area (Å²) >= 11 is 0. The molecule has 0 amide bonds. The van der Waals surface area contributed by atoms with Gasteiger partial charge in [0.15, 0.2) is 0 Å². The molecule has 0 aromatic heterocycles. The summed E-state index contributed by atoms with van der Waals surface area (Å²) in [5.74, 6) is 0.111. The monoisotopic (exact) mass is 199 g/mol. The van der Waals surface area contributed by atoms with E-state index in [1.165, 1.54) is 7.11 Å². The van der Waals surface area contributed by atoms with Crippen LogP contribution in [0.3, 0.4) is 0 Å². The summed E-state index contributed by atoms with van der Waals surface area (Å²) in [7, 11) is 1.45. The molecule has 0 aromatic carbocycles. The highest BCUT2D eigenvalue weighted by molar-refractivity contribution is 5.80. The van der Waals surface area contributed by atoms with E-state index in [1.54, 1.807) is 0 Å². The molecule has 2 atom stereocenters. The fourth-order valence-electron chi connectivity index (χ4n) is 2.77. The first kappa shape index (κ1) is 9.93. The predicted octanol–water partition coefficient (Wildman–Crippen LogP) is 0.174. The van der Waals surface area contributed by atoms with E-state index >= 15 is 0 Å². The van der Waals surface area contributed by atoms with Crippen molar-refractivity contribution in [2.75, 3.05) is 26.8 Å². The van der Waals surface area contributed by atoms with Gasteiger partial charge in [-0.2, -0.15) is 0 Å². The Labute approximate surface area is 84.0 Å². The maximum atomic E-state index is 11.9. The zero-order valence-electron chi connectivity index (χ0n) is 8.92. The molecular weight excluding hydrogens is 182 g/mol. The highest BCUT2D eigenvalue weighted by Crippen LogP contribution is 2.50. The third-order valence-corrected chi connectivity index (χ3v) is 3.76. The topological polar surface area (TPSA) is 47.6 Å². The quantitative estimate of drug-likeness (QED) is 0.612. The molecule has 0 aliphatic carbocycles. The zero-order valence-corrected chi connectivity index (χ0v) is 8.92. The van der Waals surface area contributed by atoms with Gasteiger partial charge in [0.2, 0.25) is 0 Å². The minimum Gasteiger partial charge on any atom is -0.468 e. The van der Waals surface area contributed by atoms with Gasteiger partial charge in [0, 0.05) is 19.0 Å². The summed E-state index contributed by atoms with van der Waals surface area (Å²) in [6, 6.07) is 0. The summed E-state index contributed by atoms with van der Waals surface area (Å²) < 4.78 is 10.6. The number of carbonyl (C=O) groups is 1. The molecule has 0 aromatic rings. The molecule has 2 heterocycles. The van der Waals surface area contributed by atoms with Crippen LogP contribution in [0.25, 0.3) is 0 Å². The van der Waals surface area contributed by atoms with Crippen LogP contribution in [0.15, 0.2) is 0 Å². The first-order valence-corrected chi connectivity index (χ1v) is 4.98. The van der Waals surface area contributed by atoms with Gasteiger partial charge in [0.1, 0.15) is 5.41 Å². The van der Waals surface area contributed by atoms with Gasteiger partial charge < -0.3 is 14.8 Å². The van der Waals surface area contributed by atoms with Crippen molar-refractivity contribution in [3.05, 3.63) is 0 Å². The van der Waals surface area contributed by atoms with Gasteiger partial charge in [-0.15, -0.1) is 0 Å². The molecule has 0 spiro atoms. The Morgan fingerprint density at radius 1 is 1.57 bits per heavy atom. The molecular formula is C10H17NO3. The Kier molecular flexibility index (Phi) is 2.08. The van der Waals surface area contributed by atoms with Crippen molar-refractivity contribution in [2.45, 2.75) is 19.4 Å². The van der Waals surface area contributed by atoms with Crippen molar-refractivity contribution in [3.63, 3.8) is 0 Å². The lowest BCUT2D eigenvalue weighted by atomic mass is 9.69. The summed E-state index contributed by atoms with van der Waals surface area (Å²) in [5.41, 5.74) is -0.907. The summed E-state index contributed by atoms with van der Waals surface area (Å²) in [6.07, 6.45) is 0. The fourth-order valence-corrected chi connectivity index (χ4v) is 2.77. The molecule has 14 heavy (non-hydrogen) atoms. The third-order valence-electron chi connectivity index (χ3n) is 3.76. The number of fused-ring (bicyclic) bond motifs is 1. The van der Waals surface area contributed by atoms with Crippen LogP contribution in [-0.2, 0) is 14.3 Å². The van der Waals surface area contributed by atoms with Crippen molar-refractivity contribution >= 4 is 5.97 Å². The van der Waals surface area contributed by atoms with Crippen molar-refractivity contribution in [3.8, 4) is 0 Å². The highest BCUT2D eigenvalue weighted by atomic mass is 16.5. The molecule has 0 saturated carbocycles. The zero-order chi connectivity index (χ0) is 10.4.